The maximum Gasteiger partial charge on any atom is 0.254 e. The molecule has 0 radical (unpaired) electrons. The number of anilines is 1. The summed E-state index contributed by atoms with van der Waals surface area (Å²) in [6.07, 6.45) is 0. The van der Waals surface area contributed by atoms with Crippen LogP contribution >= 0.6 is 11.8 Å². The third-order valence-electron chi connectivity index (χ3n) is 3.27. The van der Waals surface area contributed by atoms with Gasteiger partial charge in [-0.2, -0.15) is 11.8 Å². The summed E-state index contributed by atoms with van der Waals surface area (Å²) in [5.74, 6) is 1.90. The van der Waals surface area contributed by atoms with Crippen molar-refractivity contribution in [2.24, 2.45) is 0 Å². The molecule has 1 aliphatic heterocycles. The Bertz CT molecular complexity index is 502. The highest BCUT2D eigenvalue weighted by molar-refractivity contribution is 8.00. The summed E-state index contributed by atoms with van der Waals surface area (Å²) >= 11 is 1.93. The molecular weight excluding hydrogens is 270 g/mol. The van der Waals surface area contributed by atoms with Crippen LogP contribution in [0.25, 0.3) is 0 Å². The van der Waals surface area contributed by atoms with Gasteiger partial charge in [0.15, 0.2) is 0 Å². The minimum absolute atomic E-state index is 0.114. The first-order valence-corrected chi connectivity index (χ1v) is 8.05. The maximum absolute atomic E-state index is 12.7. The zero-order chi connectivity index (χ0) is 14.8. The molecule has 1 fully saturated rings. The molecule has 1 aromatic rings. The second-order valence-electron chi connectivity index (χ2n) is 5.75. The number of carbonyl (C=O) groups excluding carboxylic acids is 1. The van der Waals surface area contributed by atoms with Gasteiger partial charge in [0, 0.05) is 41.4 Å². The number of amides is 1. The molecule has 1 amide bonds. The van der Waals surface area contributed by atoms with Crippen LogP contribution in [0.15, 0.2) is 12.1 Å². The van der Waals surface area contributed by atoms with Crippen molar-refractivity contribution >= 4 is 23.5 Å². The molecule has 110 valence electrons. The molecule has 5 heteroatoms. The summed E-state index contributed by atoms with van der Waals surface area (Å²) in [6.45, 7) is 10.8. The number of pyridine rings is 1. The van der Waals surface area contributed by atoms with Gasteiger partial charge in [-0.3, -0.25) is 4.79 Å². The lowest BCUT2D eigenvalue weighted by Crippen LogP contribution is -2.46. The number of hydrogen-bond acceptors (Lipinski definition) is 4. The van der Waals surface area contributed by atoms with Crippen molar-refractivity contribution in [1.82, 2.24) is 9.88 Å². The monoisotopic (exact) mass is 293 g/mol. The molecule has 20 heavy (non-hydrogen) atoms. The molecule has 1 saturated heterocycles. The lowest BCUT2D eigenvalue weighted by molar-refractivity contribution is 0.0748. The molecule has 1 aromatic heterocycles. The van der Waals surface area contributed by atoms with Crippen molar-refractivity contribution in [3.8, 4) is 0 Å². The van der Waals surface area contributed by atoms with E-state index in [1.54, 1.807) is 0 Å². The molecule has 2 heterocycles. The maximum atomic E-state index is 12.7. The van der Waals surface area contributed by atoms with E-state index in [4.69, 9.17) is 0 Å². The van der Waals surface area contributed by atoms with Crippen LogP contribution in [0.5, 0.6) is 0 Å². The van der Waals surface area contributed by atoms with Gasteiger partial charge in [-0.1, -0.05) is 0 Å². The molecule has 0 atom stereocenters. The van der Waals surface area contributed by atoms with Gasteiger partial charge in [-0.05, 0) is 39.8 Å². The zero-order valence-corrected chi connectivity index (χ0v) is 13.5. The Morgan fingerprint density at radius 2 is 2.25 bits per heavy atom. The SMILES string of the molecule is CCNc1cc(C(=O)N2CCSC(C)(C)C2)cc(C)n1. The van der Waals surface area contributed by atoms with Gasteiger partial charge < -0.3 is 10.2 Å². The second-order valence-corrected chi connectivity index (χ2v) is 7.55. The van der Waals surface area contributed by atoms with E-state index >= 15 is 0 Å². The number of rotatable bonds is 3. The fraction of sp³-hybridized carbons (Fsp3) is 0.600. The van der Waals surface area contributed by atoms with Crippen LogP contribution in [0.1, 0.15) is 36.8 Å². The number of nitrogens with zero attached hydrogens (tertiary/aromatic N) is 2. The van der Waals surface area contributed by atoms with Gasteiger partial charge >= 0.3 is 0 Å². The minimum Gasteiger partial charge on any atom is -0.370 e. The molecule has 0 unspecified atom stereocenters. The molecule has 2 rings (SSSR count). The van der Waals surface area contributed by atoms with Gasteiger partial charge in [0.05, 0.1) is 0 Å². The molecule has 0 saturated carbocycles. The number of carbonyl (C=O) groups is 1. The Balaban J connectivity index is 2.20. The number of aromatic nitrogens is 1. The van der Waals surface area contributed by atoms with Crippen LogP contribution in [0.4, 0.5) is 5.82 Å². The van der Waals surface area contributed by atoms with Crippen LogP contribution in [0.3, 0.4) is 0 Å². The van der Waals surface area contributed by atoms with Crippen molar-refractivity contribution < 1.29 is 4.79 Å². The van der Waals surface area contributed by atoms with Crippen LogP contribution in [-0.2, 0) is 0 Å². The number of thioether (sulfide) groups is 1. The fourth-order valence-electron chi connectivity index (χ4n) is 2.44. The predicted octanol–water partition coefficient (Wildman–Crippen LogP) is 2.79. The second kappa shape index (κ2) is 6.04. The molecule has 0 aliphatic carbocycles. The summed E-state index contributed by atoms with van der Waals surface area (Å²) in [7, 11) is 0. The summed E-state index contributed by atoms with van der Waals surface area (Å²) in [4.78, 5) is 19.0. The highest BCUT2D eigenvalue weighted by Crippen LogP contribution is 2.30. The van der Waals surface area contributed by atoms with Gasteiger partial charge in [0.1, 0.15) is 5.82 Å². The van der Waals surface area contributed by atoms with E-state index in [2.05, 4.69) is 24.1 Å². The van der Waals surface area contributed by atoms with Crippen LogP contribution in [0.2, 0.25) is 0 Å². The van der Waals surface area contributed by atoms with E-state index in [0.29, 0.717) is 0 Å². The van der Waals surface area contributed by atoms with E-state index in [1.165, 1.54) is 0 Å². The van der Waals surface area contributed by atoms with Crippen LogP contribution in [-0.4, -0.2) is 45.9 Å². The van der Waals surface area contributed by atoms with Crippen molar-refractivity contribution in [1.29, 1.82) is 0 Å². The van der Waals surface area contributed by atoms with E-state index in [-0.39, 0.29) is 10.7 Å². The Morgan fingerprint density at radius 1 is 1.50 bits per heavy atom. The van der Waals surface area contributed by atoms with Crippen molar-refractivity contribution in [3.05, 3.63) is 23.4 Å². The van der Waals surface area contributed by atoms with Crippen molar-refractivity contribution in [2.75, 3.05) is 30.7 Å². The summed E-state index contributed by atoms with van der Waals surface area (Å²) < 4.78 is 0.139. The highest BCUT2D eigenvalue weighted by Gasteiger charge is 2.30. The Labute approximate surface area is 125 Å². The minimum atomic E-state index is 0.114. The van der Waals surface area contributed by atoms with Crippen molar-refractivity contribution in [3.63, 3.8) is 0 Å². The van der Waals surface area contributed by atoms with E-state index in [1.807, 2.05) is 42.6 Å². The van der Waals surface area contributed by atoms with Crippen LogP contribution < -0.4 is 5.32 Å². The summed E-state index contributed by atoms with van der Waals surface area (Å²) in [6, 6.07) is 3.73. The van der Waals surface area contributed by atoms with E-state index in [9.17, 15) is 4.79 Å². The third kappa shape index (κ3) is 3.66. The van der Waals surface area contributed by atoms with E-state index in [0.717, 1.165) is 42.5 Å². The van der Waals surface area contributed by atoms with Gasteiger partial charge in [-0.25, -0.2) is 4.98 Å². The molecule has 0 spiro atoms. The first kappa shape index (κ1) is 15.2. The van der Waals surface area contributed by atoms with Crippen LogP contribution in [0, 0.1) is 6.92 Å². The highest BCUT2D eigenvalue weighted by atomic mass is 32.2. The third-order valence-corrected chi connectivity index (χ3v) is 4.57. The molecule has 4 nitrogen and oxygen atoms in total. The smallest absolute Gasteiger partial charge is 0.254 e. The number of nitrogens with one attached hydrogen (secondary N) is 1. The molecule has 1 aliphatic rings. The average Bonchev–Trinajstić information content (AvgIpc) is 2.36. The predicted molar refractivity (Wildman–Crippen MR) is 85.6 cm³/mol. The quantitative estimate of drug-likeness (QED) is 0.931. The molecule has 1 N–H and O–H groups in total. The molecular formula is C15H23N3OS. The first-order valence-electron chi connectivity index (χ1n) is 7.07. The molecule has 0 bridgehead atoms. The zero-order valence-electron chi connectivity index (χ0n) is 12.7. The topological polar surface area (TPSA) is 45.2 Å². The first-order chi connectivity index (χ1) is 9.41. The normalized spacial score (nSPS) is 17.9. The lowest BCUT2D eigenvalue weighted by atomic mass is 10.1. The van der Waals surface area contributed by atoms with E-state index < -0.39 is 0 Å². The standard InChI is InChI=1S/C15H23N3OS/c1-5-16-13-9-12(8-11(2)17-13)14(19)18-6-7-20-15(3,4)10-18/h8-9H,5-7,10H2,1-4H3,(H,16,17). The van der Waals surface area contributed by atoms with Gasteiger partial charge in [0.25, 0.3) is 5.91 Å². The van der Waals surface area contributed by atoms with Crippen molar-refractivity contribution in [2.45, 2.75) is 32.4 Å². The Hall–Kier alpha value is -1.23. The number of aryl methyl sites for hydroxylation is 1. The molecule has 0 aromatic carbocycles. The fourth-order valence-corrected chi connectivity index (χ4v) is 3.55. The number of hydrogen-bond donors (Lipinski definition) is 1. The Morgan fingerprint density at radius 3 is 2.90 bits per heavy atom. The van der Waals surface area contributed by atoms with Gasteiger partial charge in [-0.15, -0.1) is 0 Å². The largest absolute Gasteiger partial charge is 0.370 e. The Kier molecular flexibility index (Phi) is 4.58. The van der Waals surface area contributed by atoms with Gasteiger partial charge in [0.2, 0.25) is 0 Å². The average molecular weight is 293 g/mol. The lowest BCUT2D eigenvalue weighted by Gasteiger charge is -2.37. The summed E-state index contributed by atoms with van der Waals surface area (Å²) in [5.41, 5.74) is 1.61. The summed E-state index contributed by atoms with van der Waals surface area (Å²) in [5, 5.41) is 3.18.